The van der Waals surface area contributed by atoms with Gasteiger partial charge in [-0.3, -0.25) is 0 Å². The Kier molecular flexibility index (Phi) is 4.32. The zero-order chi connectivity index (χ0) is 18.1. The SMILES string of the molecule is c1ccc(-c2ccc(-c3nc(N4CCOCC4)c4ccccc4n3)s2)cc1. The maximum atomic E-state index is 5.52. The molecule has 27 heavy (non-hydrogen) atoms. The summed E-state index contributed by atoms with van der Waals surface area (Å²) < 4.78 is 5.52. The van der Waals surface area contributed by atoms with Crippen molar-refractivity contribution >= 4 is 28.1 Å². The average Bonchev–Trinajstić information content (AvgIpc) is 3.25. The van der Waals surface area contributed by atoms with Gasteiger partial charge in [0.15, 0.2) is 5.82 Å². The molecule has 0 bridgehead atoms. The Morgan fingerprint density at radius 3 is 2.37 bits per heavy atom. The molecular formula is C22H19N3OS. The van der Waals surface area contributed by atoms with Crippen molar-refractivity contribution in [3.05, 3.63) is 66.7 Å². The minimum Gasteiger partial charge on any atom is -0.378 e. The second-order valence-electron chi connectivity index (χ2n) is 6.52. The molecule has 0 spiro atoms. The molecule has 0 amide bonds. The molecule has 0 radical (unpaired) electrons. The standard InChI is InChI=1S/C22H19N3OS/c1-2-6-16(7-3-1)19-10-11-20(27-19)21-23-18-9-5-4-8-17(18)22(24-21)25-12-14-26-15-13-25/h1-11H,12-15H2. The van der Waals surface area contributed by atoms with Crippen molar-refractivity contribution in [2.45, 2.75) is 0 Å². The van der Waals surface area contributed by atoms with E-state index in [4.69, 9.17) is 14.7 Å². The lowest BCUT2D eigenvalue weighted by Gasteiger charge is -2.28. The van der Waals surface area contributed by atoms with Crippen LogP contribution in [0.1, 0.15) is 0 Å². The van der Waals surface area contributed by atoms with E-state index in [-0.39, 0.29) is 0 Å². The summed E-state index contributed by atoms with van der Waals surface area (Å²) in [6.45, 7) is 3.20. The van der Waals surface area contributed by atoms with E-state index < -0.39 is 0 Å². The van der Waals surface area contributed by atoms with Crippen LogP contribution in [-0.2, 0) is 4.74 Å². The lowest BCUT2D eigenvalue weighted by Crippen LogP contribution is -2.37. The third-order valence-corrected chi connectivity index (χ3v) is 5.91. The summed E-state index contributed by atoms with van der Waals surface area (Å²) in [6, 6.07) is 23.0. The number of thiophene rings is 1. The van der Waals surface area contributed by atoms with Gasteiger partial charge in [0, 0.05) is 23.4 Å². The Bertz CT molecular complexity index is 1070. The highest BCUT2D eigenvalue weighted by Crippen LogP contribution is 2.35. The number of benzene rings is 2. The molecule has 0 unspecified atom stereocenters. The largest absolute Gasteiger partial charge is 0.378 e. The van der Waals surface area contributed by atoms with E-state index in [0.29, 0.717) is 0 Å². The molecule has 4 nitrogen and oxygen atoms in total. The molecule has 5 rings (SSSR count). The van der Waals surface area contributed by atoms with E-state index >= 15 is 0 Å². The maximum Gasteiger partial charge on any atom is 0.172 e. The van der Waals surface area contributed by atoms with Crippen LogP contribution in [0.4, 0.5) is 5.82 Å². The Labute approximate surface area is 162 Å². The first kappa shape index (κ1) is 16.4. The van der Waals surface area contributed by atoms with E-state index in [1.807, 2.05) is 18.2 Å². The van der Waals surface area contributed by atoms with Crippen molar-refractivity contribution < 1.29 is 4.74 Å². The van der Waals surface area contributed by atoms with Gasteiger partial charge in [-0.05, 0) is 29.8 Å². The molecule has 2 aromatic carbocycles. The molecule has 3 heterocycles. The predicted octanol–water partition coefficient (Wildman–Crippen LogP) is 4.86. The van der Waals surface area contributed by atoms with Gasteiger partial charge in [-0.2, -0.15) is 0 Å². The zero-order valence-electron chi connectivity index (χ0n) is 14.8. The highest BCUT2D eigenvalue weighted by molar-refractivity contribution is 7.18. The first-order chi connectivity index (χ1) is 13.4. The number of para-hydroxylation sites is 1. The van der Waals surface area contributed by atoms with Crippen LogP contribution in [0.25, 0.3) is 32.0 Å². The van der Waals surface area contributed by atoms with Crippen LogP contribution in [0.3, 0.4) is 0 Å². The van der Waals surface area contributed by atoms with Crippen LogP contribution in [0.15, 0.2) is 66.7 Å². The molecule has 134 valence electrons. The number of ether oxygens (including phenoxy) is 1. The third kappa shape index (κ3) is 3.20. The van der Waals surface area contributed by atoms with Crippen LogP contribution < -0.4 is 4.90 Å². The number of rotatable bonds is 3. The van der Waals surface area contributed by atoms with Crippen LogP contribution in [0.2, 0.25) is 0 Å². The van der Waals surface area contributed by atoms with E-state index in [1.165, 1.54) is 10.4 Å². The van der Waals surface area contributed by atoms with Crippen molar-refractivity contribution in [3.63, 3.8) is 0 Å². The summed E-state index contributed by atoms with van der Waals surface area (Å²) in [5.74, 6) is 1.80. The molecule has 1 aliphatic rings. The van der Waals surface area contributed by atoms with Gasteiger partial charge in [0.2, 0.25) is 0 Å². The Balaban J connectivity index is 1.60. The fraction of sp³-hybridized carbons (Fsp3) is 0.182. The highest BCUT2D eigenvalue weighted by Gasteiger charge is 2.18. The maximum absolute atomic E-state index is 5.52. The smallest absolute Gasteiger partial charge is 0.172 e. The molecule has 4 aromatic rings. The van der Waals surface area contributed by atoms with Gasteiger partial charge in [-0.1, -0.05) is 42.5 Å². The normalized spacial score (nSPS) is 14.6. The Morgan fingerprint density at radius 1 is 0.778 bits per heavy atom. The highest BCUT2D eigenvalue weighted by atomic mass is 32.1. The van der Waals surface area contributed by atoms with Crippen LogP contribution in [-0.4, -0.2) is 36.3 Å². The summed E-state index contributed by atoms with van der Waals surface area (Å²) in [5, 5.41) is 1.10. The van der Waals surface area contributed by atoms with Gasteiger partial charge in [-0.15, -0.1) is 11.3 Å². The zero-order valence-corrected chi connectivity index (χ0v) is 15.7. The van der Waals surface area contributed by atoms with E-state index in [9.17, 15) is 0 Å². The quantitative estimate of drug-likeness (QED) is 0.514. The number of hydrogen-bond acceptors (Lipinski definition) is 5. The molecule has 0 saturated carbocycles. The van der Waals surface area contributed by atoms with Crippen molar-refractivity contribution in [2.75, 3.05) is 31.2 Å². The van der Waals surface area contributed by atoms with Gasteiger partial charge < -0.3 is 9.64 Å². The van der Waals surface area contributed by atoms with Crippen molar-refractivity contribution in [2.24, 2.45) is 0 Å². The fourth-order valence-corrected chi connectivity index (χ4v) is 4.35. The molecule has 1 fully saturated rings. The van der Waals surface area contributed by atoms with Gasteiger partial charge in [0.05, 0.1) is 23.6 Å². The van der Waals surface area contributed by atoms with Crippen LogP contribution in [0, 0.1) is 0 Å². The van der Waals surface area contributed by atoms with Gasteiger partial charge in [0.1, 0.15) is 5.82 Å². The predicted molar refractivity (Wildman–Crippen MR) is 111 cm³/mol. The third-order valence-electron chi connectivity index (χ3n) is 4.78. The first-order valence-electron chi connectivity index (χ1n) is 9.13. The molecule has 0 atom stereocenters. The second kappa shape index (κ2) is 7.10. The summed E-state index contributed by atoms with van der Waals surface area (Å²) in [5.41, 5.74) is 2.21. The Morgan fingerprint density at radius 2 is 1.52 bits per heavy atom. The second-order valence-corrected chi connectivity index (χ2v) is 7.60. The van der Waals surface area contributed by atoms with Crippen LogP contribution in [0.5, 0.6) is 0 Å². The molecule has 1 saturated heterocycles. The lowest BCUT2D eigenvalue weighted by molar-refractivity contribution is 0.122. The number of aromatic nitrogens is 2. The lowest BCUT2D eigenvalue weighted by atomic mass is 10.2. The molecule has 1 aliphatic heterocycles. The Hall–Kier alpha value is -2.76. The summed E-state index contributed by atoms with van der Waals surface area (Å²) in [7, 11) is 0. The minimum atomic E-state index is 0.741. The molecule has 5 heteroatoms. The topological polar surface area (TPSA) is 38.2 Å². The number of anilines is 1. The average molecular weight is 373 g/mol. The van der Waals surface area contributed by atoms with E-state index in [2.05, 4.69) is 53.4 Å². The summed E-state index contributed by atoms with van der Waals surface area (Å²) >= 11 is 1.73. The van der Waals surface area contributed by atoms with Crippen molar-refractivity contribution in [1.82, 2.24) is 9.97 Å². The first-order valence-corrected chi connectivity index (χ1v) is 9.95. The van der Waals surface area contributed by atoms with E-state index in [1.54, 1.807) is 11.3 Å². The molecule has 2 aromatic heterocycles. The summed E-state index contributed by atoms with van der Waals surface area (Å²) in [4.78, 5) is 14.5. The van der Waals surface area contributed by atoms with Crippen LogP contribution >= 0.6 is 11.3 Å². The summed E-state index contributed by atoms with van der Waals surface area (Å²) in [6.07, 6.45) is 0. The van der Waals surface area contributed by atoms with Gasteiger partial charge in [-0.25, -0.2) is 9.97 Å². The van der Waals surface area contributed by atoms with Gasteiger partial charge >= 0.3 is 0 Å². The molecular weight excluding hydrogens is 354 g/mol. The van der Waals surface area contributed by atoms with E-state index in [0.717, 1.165) is 53.7 Å². The molecule has 0 aliphatic carbocycles. The number of hydrogen-bond donors (Lipinski definition) is 0. The van der Waals surface area contributed by atoms with Gasteiger partial charge in [0.25, 0.3) is 0 Å². The minimum absolute atomic E-state index is 0.741. The number of fused-ring (bicyclic) bond motifs is 1. The number of morpholine rings is 1. The number of nitrogens with zero attached hydrogens (tertiary/aromatic N) is 3. The fourth-order valence-electron chi connectivity index (χ4n) is 3.40. The van der Waals surface area contributed by atoms with Crippen molar-refractivity contribution in [3.8, 4) is 21.1 Å². The monoisotopic (exact) mass is 373 g/mol. The molecule has 0 N–H and O–H groups in total. The van der Waals surface area contributed by atoms with Crippen molar-refractivity contribution in [1.29, 1.82) is 0 Å².